The fourth-order valence-electron chi connectivity index (χ4n) is 1.45. The molecule has 2 rings (SSSR count). The number of oxazole rings is 1. The first-order chi connectivity index (χ1) is 7.20. The first kappa shape index (κ1) is 10.2. The van der Waals surface area contributed by atoms with Crippen LogP contribution in [0.1, 0.15) is 22.7 Å². The number of ketones is 1. The third kappa shape index (κ3) is 2.02. The standard InChI is InChI=1S/C11H10ClNO2/c1-7-13-9-6-8(10(14)4-5-12)2-3-11(9)15-7/h2-3,6H,4-5H2,1H3. The van der Waals surface area contributed by atoms with Crippen LogP contribution in [-0.4, -0.2) is 16.6 Å². The Morgan fingerprint density at radius 1 is 1.53 bits per heavy atom. The van der Waals surface area contributed by atoms with E-state index in [4.69, 9.17) is 16.0 Å². The lowest BCUT2D eigenvalue weighted by atomic mass is 10.1. The summed E-state index contributed by atoms with van der Waals surface area (Å²) in [6, 6.07) is 5.24. The molecule has 0 fully saturated rings. The average molecular weight is 224 g/mol. The zero-order valence-corrected chi connectivity index (χ0v) is 9.04. The zero-order valence-electron chi connectivity index (χ0n) is 8.29. The molecule has 3 nitrogen and oxygen atoms in total. The SMILES string of the molecule is Cc1nc2cc(C(=O)CCCl)ccc2o1. The maximum Gasteiger partial charge on any atom is 0.192 e. The van der Waals surface area contributed by atoms with Crippen LogP contribution in [-0.2, 0) is 0 Å². The van der Waals surface area contributed by atoms with Crippen LogP contribution in [0.15, 0.2) is 22.6 Å². The van der Waals surface area contributed by atoms with Crippen molar-refractivity contribution in [2.45, 2.75) is 13.3 Å². The number of carbonyl (C=O) groups excluding carboxylic acids is 1. The Hall–Kier alpha value is -1.35. The van der Waals surface area contributed by atoms with Gasteiger partial charge in [0.2, 0.25) is 0 Å². The van der Waals surface area contributed by atoms with Crippen LogP contribution in [0.4, 0.5) is 0 Å². The first-order valence-electron chi connectivity index (χ1n) is 4.67. The van der Waals surface area contributed by atoms with Gasteiger partial charge in [-0.05, 0) is 18.2 Å². The molecule has 0 saturated carbocycles. The van der Waals surface area contributed by atoms with Crippen LogP contribution in [0, 0.1) is 6.92 Å². The lowest BCUT2D eigenvalue weighted by Gasteiger charge is -1.96. The predicted molar refractivity (Wildman–Crippen MR) is 58.4 cm³/mol. The topological polar surface area (TPSA) is 43.1 Å². The van der Waals surface area contributed by atoms with Crippen molar-refractivity contribution in [3.8, 4) is 0 Å². The highest BCUT2D eigenvalue weighted by Crippen LogP contribution is 2.17. The van der Waals surface area contributed by atoms with Crippen LogP contribution in [0.5, 0.6) is 0 Å². The highest BCUT2D eigenvalue weighted by Gasteiger charge is 2.08. The number of hydrogen-bond donors (Lipinski definition) is 0. The maximum absolute atomic E-state index is 11.6. The van der Waals surface area contributed by atoms with Gasteiger partial charge in [-0.1, -0.05) is 0 Å². The summed E-state index contributed by atoms with van der Waals surface area (Å²) in [4.78, 5) is 15.7. The Kier molecular flexibility index (Phi) is 2.73. The molecule has 0 aliphatic rings. The second kappa shape index (κ2) is 4.03. The van der Waals surface area contributed by atoms with Crippen LogP contribution < -0.4 is 0 Å². The lowest BCUT2D eigenvalue weighted by molar-refractivity contribution is 0.0989. The number of aryl methyl sites for hydroxylation is 1. The second-order valence-corrected chi connectivity index (χ2v) is 3.66. The summed E-state index contributed by atoms with van der Waals surface area (Å²) in [7, 11) is 0. The van der Waals surface area contributed by atoms with Gasteiger partial charge in [0.25, 0.3) is 0 Å². The molecule has 1 heterocycles. The molecule has 0 amide bonds. The van der Waals surface area contributed by atoms with Gasteiger partial charge in [0.05, 0.1) is 0 Å². The highest BCUT2D eigenvalue weighted by molar-refractivity contribution is 6.19. The van der Waals surface area contributed by atoms with E-state index in [-0.39, 0.29) is 5.78 Å². The van der Waals surface area contributed by atoms with E-state index >= 15 is 0 Å². The van der Waals surface area contributed by atoms with Crippen molar-refractivity contribution >= 4 is 28.5 Å². The summed E-state index contributed by atoms with van der Waals surface area (Å²) in [5, 5.41) is 0. The minimum absolute atomic E-state index is 0.0348. The normalized spacial score (nSPS) is 10.8. The van der Waals surface area contributed by atoms with Gasteiger partial charge >= 0.3 is 0 Å². The fourth-order valence-corrected chi connectivity index (χ4v) is 1.62. The third-order valence-electron chi connectivity index (χ3n) is 2.14. The van der Waals surface area contributed by atoms with Crippen LogP contribution in [0.2, 0.25) is 0 Å². The summed E-state index contributed by atoms with van der Waals surface area (Å²) in [5.74, 6) is 0.980. The Balaban J connectivity index is 2.41. The second-order valence-electron chi connectivity index (χ2n) is 3.28. The molecule has 0 radical (unpaired) electrons. The number of carbonyl (C=O) groups is 1. The summed E-state index contributed by atoms with van der Waals surface area (Å²) >= 11 is 5.51. The number of fused-ring (bicyclic) bond motifs is 1. The van der Waals surface area contributed by atoms with Gasteiger partial charge in [-0.3, -0.25) is 4.79 Å². The van der Waals surface area contributed by atoms with Crippen LogP contribution >= 0.6 is 11.6 Å². The molecular weight excluding hydrogens is 214 g/mol. The minimum Gasteiger partial charge on any atom is -0.441 e. The van der Waals surface area contributed by atoms with Gasteiger partial charge < -0.3 is 4.42 Å². The Morgan fingerprint density at radius 2 is 2.33 bits per heavy atom. The maximum atomic E-state index is 11.6. The average Bonchev–Trinajstić information content (AvgIpc) is 2.57. The van der Waals surface area contributed by atoms with Gasteiger partial charge in [-0.15, -0.1) is 11.6 Å². The van der Waals surface area contributed by atoms with Gasteiger partial charge in [0.15, 0.2) is 17.3 Å². The molecule has 0 N–H and O–H groups in total. The van der Waals surface area contributed by atoms with Crippen LogP contribution in [0.3, 0.4) is 0 Å². The smallest absolute Gasteiger partial charge is 0.192 e. The van der Waals surface area contributed by atoms with E-state index in [1.54, 1.807) is 25.1 Å². The number of Topliss-reactive ketones (excluding diaryl/α,β-unsaturated/α-hetero) is 1. The zero-order chi connectivity index (χ0) is 10.8. The Morgan fingerprint density at radius 3 is 3.07 bits per heavy atom. The monoisotopic (exact) mass is 223 g/mol. The molecule has 78 valence electrons. The molecule has 1 aromatic carbocycles. The molecule has 0 saturated heterocycles. The number of halogens is 1. The molecule has 4 heteroatoms. The quantitative estimate of drug-likeness (QED) is 0.594. The Labute approximate surface area is 92.1 Å². The highest BCUT2D eigenvalue weighted by atomic mass is 35.5. The molecule has 2 aromatic rings. The van der Waals surface area contributed by atoms with E-state index in [9.17, 15) is 4.79 Å². The largest absolute Gasteiger partial charge is 0.441 e. The minimum atomic E-state index is 0.0348. The lowest BCUT2D eigenvalue weighted by Crippen LogP contribution is -1.98. The van der Waals surface area contributed by atoms with Crippen molar-refractivity contribution in [3.05, 3.63) is 29.7 Å². The molecule has 0 atom stereocenters. The van der Waals surface area contributed by atoms with E-state index in [2.05, 4.69) is 4.98 Å². The molecule has 0 unspecified atom stereocenters. The first-order valence-corrected chi connectivity index (χ1v) is 5.20. The van der Waals surface area contributed by atoms with E-state index < -0.39 is 0 Å². The summed E-state index contributed by atoms with van der Waals surface area (Å²) < 4.78 is 5.31. The van der Waals surface area contributed by atoms with Gasteiger partial charge in [0.1, 0.15) is 5.52 Å². The summed E-state index contributed by atoms with van der Waals surface area (Å²) in [6.45, 7) is 1.78. The molecule has 1 aromatic heterocycles. The summed E-state index contributed by atoms with van der Waals surface area (Å²) in [5.41, 5.74) is 2.05. The van der Waals surface area contributed by atoms with Crippen molar-refractivity contribution < 1.29 is 9.21 Å². The predicted octanol–water partition coefficient (Wildman–Crippen LogP) is 2.95. The van der Waals surface area contributed by atoms with Gasteiger partial charge in [0, 0.05) is 24.8 Å². The Bertz CT molecular complexity index is 504. The van der Waals surface area contributed by atoms with E-state index in [1.807, 2.05) is 0 Å². The van der Waals surface area contributed by atoms with Crippen molar-refractivity contribution in [2.75, 3.05) is 5.88 Å². The van der Waals surface area contributed by atoms with Crippen molar-refractivity contribution in [1.82, 2.24) is 4.98 Å². The number of aromatic nitrogens is 1. The van der Waals surface area contributed by atoms with E-state index in [0.717, 1.165) is 0 Å². The number of nitrogens with zero attached hydrogens (tertiary/aromatic N) is 1. The molecular formula is C11H10ClNO2. The third-order valence-corrected chi connectivity index (χ3v) is 2.33. The van der Waals surface area contributed by atoms with Crippen molar-refractivity contribution in [2.24, 2.45) is 0 Å². The van der Waals surface area contributed by atoms with Crippen molar-refractivity contribution in [3.63, 3.8) is 0 Å². The summed E-state index contributed by atoms with van der Waals surface area (Å²) in [6.07, 6.45) is 0.351. The molecule has 0 aliphatic heterocycles. The van der Waals surface area contributed by atoms with Crippen LogP contribution in [0.25, 0.3) is 11.1 Å². The number of hydrogen-bond acceptors (Lipinski definition) is 3. The van der Waals surface area contributed by atoms with E-state index in [0.29, 0.717) is 34.9 Å². The number of rotatable bonds is 3. The number of benzene rings is 1. The number of alkyl halides is 1. The molecule has 0 aliphatic carbocycles. The molecule has 15 heavy (non-hydrogen) atoms. The van der Waals surface area contributed by atoms with E-state index in [1.165, 1.54) is 0 Å². The molecule has 0 spiro atoms. The molecule has 0 bridgehead atoms. The van der Waals surface area contributed by atoms with Crippen molar-refractivity contribution in [1.29, 1.82) is 0 Å². The fraction of sp³-hybridized carbons (Fsp3) is 0.273. The van der Waals surface area contributed by atoms with Gasteiger partial charge in [-0.25, -0.2) is 4.98 Å². The van der Waals surface area contributed by atoms with Gasteiger partial charge in [-0.2, -0.15) is 0 Å².